The van der Waals surface area contributed by atoms with Crippen molar-refractivity contribution in [2.75, 3.05) is 5.32 Å². The van der Waals surface area contributed by atoms with Crippen molar-refractivity contribution in [2.24, 2.45) is 0 Å². The molecule has 0 radical (unpaired) electrons. The highest BCUT2D eigenvalue weighted by Crippen LogP contribution is 2.31. The van der Waals surface area contributed by atoms with Gasteiger partial charge in [-0.3, -0.25) is 0 Å². The van der Waals surface area contributed by atoms with Gasteiger partial charge in [0, 0.05) is 12.1 Å². The van der Waals surface area contributed by atoms with E-state index in [0.29, 0.717) is 12.1 Å². The van der Waals surface area contributed by atoms with E-state index in [9.17, 15) is 14.3 Å². The van der Waals surface area contributed by atoms with E-state index in [1.807, 2.05) is 24.3 Å². The quantitative estimate of drug-likeness (QED) is 0.798. The van der Waals surface area contributed by atoms with Crippen molar-refractivity contribution in [3.8, 4) is 0 Å². The van der Waals surface area contributed by atoms with Crippen LogP contribution in [0.5, 0.6) is 0 Å². The third-order valence-corrected chi connectivity index (χ3v) is 3.79. The van der Waals surface area contributed by atoms with E-state index >= 15 is 0 Å². The van der Waals surface area contributed by atoms with E-state index < -0.39 is 24.0 Å². The summed E-state index contributed by atoms with van der Waals surface area (Å²) >= 11 is 0. The lowest BCUT2D eigenvalue weighted by Gasteiger charge is -2.18. The molecule has 0 saturated heterocycles. The van der Waals surface area contributed by atoms with Crippen molar-refractivity contribution in [1.82, 2.24) is 5.32 Å². The maximum Gasteiger partial charge on any atom is 0.319 e. The Bertz CT molecular complexity index is 697. The Balaban J connectivity index is 1.72. The van der Waals surface area contributed by atoms with Crippen molar-refractivity contribution in [1.29, 1.82) is 0 Å². The van der Waals surface area contributed by atoms with Crippen LogP contribution < -0.4 is 10.6 Å². The van der Waals surface area contributed by atoms with E-state index in [4.69, 9.17) is 0 Å². The van der Waals surface area contributed by atoms with Gasteiger partial charge in [-0.05, 0) is 41.8 Å². The number of rotatable bonds is 2. The summed E-state index contributed by atoms with van der Waals surface area (Å²) in [5, 5.41) is 15.5. The summed E-state index contributed by atoms with van der Waals surface area (Å²) in [5.74, 6) is -0.401. The Hall–Kier alpha value is -2.40. The topological polar surface area (TPSA) is 61.4 Å². The Morgan fingerprint density at radius 3 is 2.82 bits per heavy atom. The molecule has 1 aliphatic rings. The van der Waals surface area contributed by atoms with Gasteiger partial charge in [-0.25, -0.2) is 9.18 Å². The van der Waals surface area contributed by atoms with Gasteiger partial charge in [0.15, 0.2) is 0 Å². The van der Waals surface area contributed by atoms with Gasteiger partial charge in [0.25, 0.3) is 0 Å². The van der Waals surface area contributed by atoms with Gasteiger partial charge in [0.2, 0.25) is 0 Å². The van der Waals surface area contributed by atoms with Gasteiger partial charge in [0.1, 0.15) is 5.82 Å². The zero-order valence-corrected chi connectivity index (χ0v) is 12.1. The number of amides is 2. The number of nitrogens with one attached hydrogen (secondary N) is 2. The molecule has 0 spiro atoms. The summed E-state index contributed by atoms with van der Waals surface area (Å²) in [6, 6.07) is 11.0. The SMILES string of the molecule is Cc1cc(F)cc(NC(=O)N[C@@H]2c3ccccc3C[C@@H]2O)c1. The molecule has 2 amide bonds. The smallest absolute Gasteiger partial charge is 0.319 e. The van der Waals surface area contributed by atoms with Crippen molar-refractivity contribution in [3.05, 3.63) is 65.0 Å². The van der Waals surface area contributed by atoms with Crippen LogP contribution >= 0.6 is 0 Å². The van der Waals surface area contributed by atoms with Crippen molar-refractivity contribution < 1.29 is 14.3 Å². The van der Waals surface area contributed by atoms with Crippen LogP contribution in [0.1, 0.15) is 22.7 Å². The van der Waals surface area contributed by atoms with Gasteiger partial charge in [-0.1, -0.05) is 24.3 Å². The molecule has 2 aromatic rings. The molecule has 0 aromatic heterocycles. The van der Waals surface area contributed by atoms with Gasteiger partial charge < -0.3 is 15.7 Å². The average molecular weight is 300 g/mol. The molecule has 22 heavy (non-hydrogen) atoms. The first-order valence-electron chi connectivity index (χ1n) is 7.13. The zero-order chi connectivity index (χ0) is 15.7. The molecule has 0 fully saturated rings. The highest BCUT2D eigenvalue weighted by molar-refractivity contribution is 5.89. The Morgan fingerprint density at radius 2 is 2.05 bits per heavy atom. The number of urea groups is 1. The summed E-state index contributed by atoms with van der Waals surface area (Å²) in [5.41, 5.74) is 3.06. The molecule has 1 aliphatic carbocycles. The lowest BCUT2D eigenvalue weighted by Crippen LogP contribution is -2.36. The number of halogens is 1. The van der Waals surface area contributed by atoms with Gasteiger partial charge in [-0.15, -0.1) is 0 Å². The van der Waals surface area contributed by atoms with Crippen LogP contribution in [0.2, 0.25) is 0 Å². The van der Waals surface area contributed by atoms with Crippen LogP contribution in [0.25, 0.3) is 0 Å². The fourth-order valence-electron chi connectivity index (χ4n) is 2.86. The molecule has 2 aromatic carbocycles. The lowest BCUT2D eigenvalue weighted by atomic mass is 10.1. The number of hydrogen-bond donors (Lipinski definition) is 3. The predicted molar refractivity (Wildman–Crippen MR) is 82.2 cm³/mol. The minimum absolute atomic E-state index is 0.385. The number of aliphatic hydroxyl groups is 1. The zero-order valence-electron chi connectivity index (χ0n) is 12.1. The number of carbonyl (C=O) groups excluding carboxylic acids is 1. The standard InChI is InChI=1S/C17H17FN2O2/c1-10-6-12(18)9-13(7-10)19-17(22)20-16-14-5-3-2-4-11(14)8-15(16)21/h2-7,9,15-16,21H,8H2,1H3,(H2,19,20,22)/t15-,16+/m0/s1. The summed E-state index contributed by atoms with van der Waals surface area (Å²) in [6.07, 6.45) is -0.141. The molecule has 0 unspecified atom stereocenters. The fourth-order valence-corrected chi connectivity index (χ4v) is 2.86. The van der Waals surface area contributed by atoms with E-state index in [1.54, 1.807) is 13.0 Å². The number of hydrogen-bond acceptors (Lipinski definition) is 2. The third-order valence-electron chi connectivity index (χ3n) is 3.79. The molecular formula is C17H17FN2O2. The highest BCUT2D eigenvalue weighted by Gasteiger charge is 2.31. The molecular weight excluding hydrogens is 283 g/mol. The second kappa shape index (κ2) is 5.77. The molecule has 2 atom stereocenters. The molecule has 3 N–H and O–H groups in total. The normalized spacial score (nSPS) is 19.6. The summed E-state index contributed by atoms with van der Waals surface area (Å²) in [4.78, 5) is 12.1. The number of anilines is 1. The first-order valence-corrected chi connectivity index (χ1v) is 7.13. The number of aliphatic hydroxyl groups excluding tert-OH is 1. The molecule has 5 heteroatoms. The second-order valence-electron chi connectivity index (χ2n) is 5.56. The number of fused-ring (bicyclic) bond motifs is 1. The molecule has 0 saturated carbocycles. The van der Waals surface area contributed by atoms with E-state index in [-0.39, 0.29) is 0 Å². The van der Waals surface area contributed by atoms with Gasteiger partial charge in [0.05, 0.1) is 12.1 Å². The van der Waals surface area contributed by atoms with E-state index in [2.05, 4.69) is 10.6 Å². The van der Waals surface area contributed by atoms with Gasteiger partial charge >= 0.3 is 6.03 Å². The number of benzene rings is 2. The van der Waals surface area contributed by atoms with Crippen molar-refractivity contribution in [3.63, 3.8) is 0 Å². The molecule has 3 rings (SSSR count). The summed E-state index contributed by atoms with van der Waals surface area (Å²) in [6.45, 7) is 1.75. The third kappa shape index (κ3) is 2.94. The Morgan fingerprint density at radius 1 is 1.27 bits per heavy atom. The highest BCUT2D eigenvalue weighted by atomic mass is 19.1. The largest absolute Gasteiger partial charge is 0.390 e. The maximum absolute atomic E-state index is 13.3. The van der Waals surface area contributed by atoms with Crippen molar-refractivity contribution >= 4 is 11.7 Å². The van der Waals surface area contributed by atoms with Crippen LogP contribution in [-0.4, -0.2) is 17.2 Å². The number of aryl methyl sites for hydroxylation is 1. The van der Waals surface area contributed by atoms with Crippen LogP contribution in [0, 0.1) is 12.7 Å². The first kappa shape index (κ1) is 14.5. The molecule has 0 bridgehead atoms. The van der Waals surface area contributed by atoms with Crippen molar-refractivity contribution in [2.45, 2.75) is 25.5 Å². The maximum atomic E-state index is 13.3. The minimum Gasteiger partial charge on any atom is -0.390 e. The summed E-state index contributed by atoms with van der Waals surface area (Å²) in [7, 11) is 0. The lowest BCUT2D eigenvalue weighted by molar-refractivity contribution is 0.144. The molecule has 0 aliphatic heterocycles. The van der Waals surface area contributed by atoms with Crippen LogP contribution in [0.4, 0.5) is 14.9 Å². The molecule has 4 nitrogen and oxygen atoms in total. The Labute approximate surface area is 128 Å². The molecule has 0 heterocycles. The minimum atomic E-state index is -0.655. The summed E-state index contributed by atoms with van der Waals surface area (Å²) < 4.78 is 13.3. The first-order chi connectivity index (χ1) is 10.5. The van der Waals surface area contributed by atoms with Crippen LogP contribution in [-0.2, 0) is 6.42 Å². The van der Waals surface area contributed by atoms with Crippen LogP contribution in [0.15, 0.2) is 42.5 Å². The van der Waals surface area contributed by atoms with E-state index in [0.717, 1.165) is 16.7 Å². The van der Waals surface area contributed by atoms with Gasteiger partial charge in [-0.2, -0.15) is 0 Å². The van der Waals surface area contributed by atoms with E-state index in [1.165, 1.54) is 12.1 Å². The number of carbonyl (C=O) groups is 1. The fraction of sp³-hybridized carbons (Fsp3) is 0.235. The molecule has 114 valence electrons. The average Bonchev–Trinajstić information content (AvgIpc) is 2.74. The predicted octanol–water partition coefficient (Wildman–Crippen LogP) is 2.91. The van der Waals surface area contributed by atoms with Crippen LogP contribution in [0.3, 0.4) is 0 Å². The Kier molecular flexibility index (Phi) is 3.81. The second-order valence-corrected chi connectivity index (χ2v) is 5.56. The monoisotopic (exact) mass is 300 g/mol.